The molecule has 0 bridgehead atoms. The first kappa shape index (κ1) is 8.55. The minimum Gasteiger partial charge on any atom is -0.140 e. The van der Waals surface area contributed by atoms with Crippen LogP contribution in [-0.4, -0.2) is 0 Å². The fourth-order valence-electron chi connectivity index (χ4n) is 1.11. The largest absolute Gasteiger partial charge is 0.140 e. The van der Waals surface area contributed by atoms with Crippen LogP contribution >= 0.6 is 22.7 Å². The molecule has 0 saturated heterocycles. The van der Waals surface area contributed by atoms with Crippen LogP contribution in [0.25, 0.3) is 9.75 Å². The van der Waals surface area contributed by atoms with Gasteiger partial charge in [-0.25, -0.2) is 0 Å². The molecule has 0 spiro atoms. The van der Waals surface area contributed by atoms with Crippen LogP contribution in [0.5, 0.6) is 0 Å². The zero-order valence-electron chi connectivity index (χ0n) is 7.20. The molecule has 0 N–H and O–H groups in total. The van der Waals surface area contributed by atoms with Crippen molar-refractivity contribution in [2.45, 2.75) is 6.92 Å². The van der Waals surface area contributed by atoms with Crippen LogP contribution in [0, 0.1) is 19.3 Å². The monoisotopic (exact) mass is 204 g/mol. The zero-order chi connectivity index (χ0) is 9.26. The van der Waals surface area contributed by atoms with Crippen molar-refractivity contribution in [3.05, 3.63) is 34.0 Å². The first-order valence-electron chi connectivity index (χ1n) is 3.93. The summed E-state index contributed by atoms with van der Waals surface area (Å²) in [7, 11) is 0. The van der Waals surface area contributed by atoms with Crippen LogP contribution in [0.3, 0.4) is 0 Å². The van der Waals surface area contributed by atoms with E-state index in [2.05, 4.69) is 31.0 Å². The number of hydrogen-bond acceptors (Lipinski definition) is 2. The van der Waals surface area contributed by atoms with Gasteiger partial charge >= 0.3 is 0 Å². The van der Waals surface area contributed by atoms with Crippen LogP contribution in [0.1, 0.15) is 9.75 Å². The van der Waals surface area contributed by atoms with Gasteiger partial charge in [-0.1, -0.05) is 5.92 Å². The van der Waals surface area contributed by atoms with Crippen molar-refractivity contribution < 1.29 is 0 Å². The summed E-state index contributed by atoms with van der Waals surface area (Å²) in [6.45, 7) is 2.11. The van der Waals surface area contributed by atoms with E-state index in [4.69, 9.17) is 6.42 Å². The Labute approximate surface area is 85.9 Å². The molecular weight excluding hydrogens is 196 g/mol. The van der Waals surface area contributed by atoms with E-state index in [0.717, 1.165) is 4.88 Å². The molecule has 0 unspecified atom stereocenters. The maximum Gasteiger partial charge on any atom is 0.0772 e. The lowest BCUT2D eigenvalue weighted by atomic mass is 10.3. The molecule has 2 heterocycles. The van der Waals surface area contributed by atoms with E-state index < -0.39 is 0 Å². The molecule has 2 aromatic rings. The fourth-order valence-corrected chi connectivity index (χ4v) is 2.89. The van der Waals surface area contributed by atoms with E-state index in [1.807, 2.05) is 6.07 Å². The van der Waals surface area contributed by atoms with Crippen LogP contribution in [-0.2, 0) is 0 Å². The highest BCUT2D eigenvalue weighted by Gasteiger charge is 2.02. The molecule has 0 amide bonds. The van der Waals surface area contributed by atoms with Gasteiger partial charge in [-0.3, -0.25) is 0 Å². The highest BCUT2D eigenvalue weighted by molar-refractivity contribution is 7.22. The molecule has 0 aliphatic rings. The van der Waals surface area contributed by atoms with Gasteiger partial charge < -0.3 is 0 Å². The smallest absolute Gasteiger partial charge is 0.0772 e. The molecule has 0 aliphatic heterocycles. The SMILES string of the molecule is C#Cc1ccc(-c2ccc(C)s2)s1. The highest BCUT2D eigenvalue weighted by Crippen LogP contribution is 2.32. The van der Waals surface area contributed by atoms with E-state index >= 15 is 0 Å². The Hall–Kier alpha value is -1.04. The number of thiophene rings is 2. The van der Waals surface area contributed by atoms with Crippen LogP contribution in [0.15, 0.2) is 24.3 Å². The number of terminal acetylenes is 1. The van der Waals surface area contributed by atoms with Crippen molar-refractivity contribution in [2.75, 3.05) is 0 Å². The summed E-state index contributed by atoms with van der Waals surface area (Å²) in [4.78, 5) is 4.92. The average Bonchev–Trinajstić information content (AvgIpc) is 2.71. The standard InChI is InChI=1S/C11H8S2/c1-3-9-5-7-11(13-9)10-6-4-8(2)12-10/h1,4-7H,2H3. The van der Waals surface area contributed by atoms with E-state index in [9.17, 15) is 0 Å². The first-order valence-corrected chi connectivity index (χ1v) is 5.56. The number of aryl methyl sites for hydroxylation is 1. The summed E-state index contributed by atoms with van der Waals surface area (Å²) in [5.74, 6) is 2.65. The topological polar surface area (TPSA) is 0 Å². The van der Waals surface area contributed by atoms with Gasteiger partial charge in [0.05, 0.1) is 4.88 Å². The molecule has 13 heavy (non-hydrogen) atoms. The Balaban J connectivity index is 2.42. The summed E-state index contributed by atoms with van der Waals surface area (Å²) in [6.07, 6.45) is 5.31. The van der Waals surface area contributed by atoms with Crippen molar-refractivity contribution >= 4 is 22.7 Å². The lowest BCUT2D eigenvalue weighted by molar-refractivity contribution is 1.64. The molecule has 0 aromatic carbocycles. The third-order valence-corrected chi connectivity index (χ3v) is 3.94. The van der Waals surface area contributed by atoms with Gasteiger partial charge in [-0.2, -0.15) is 0 Å². The maximum absolute atomic E-state index is 5.31. The van der Waals surface area contributed by atoms with E-state index in [1.165, 1.54) is 14.6 Å². The van der Waals surface area contributed by atoms with Gasteiger partial charge in [0.15, 0.2) is 0 Å². The van der Waals surface area contributed by atoms with Crippen molar-refractivity contribution in [1.29, 1.82) is 0 Å². The molecule has 0 atom stereocenters. The summed E-state index contributed by atoms with van der Waals surface area (Å²) >= 11 is 3.48. The first-order chi connectivity index (χ1) is 6.29. The summed E-state index contributed by atoms with van der Waals surface area (Å²) in [5.41, 5.74) is 0. The zero-order valence-corrected chi connectivity index (χ0v) is 8.84. The Kier molecular flexibility index (Phi) is 2.22. The third-order valence-electron chi connectivity index (χ3n) is 1.73. The summed E-state index contributed by atoms with van der Waals surface area (Å²) in [5, 5.41) is 0. The second-order valence-electron chi connectivity index (χ2n) is 2.72. The molecule has 2 aromatic heterocycles. The van der Waals surface area contributed by atoms with Crippen molar-refractivity contribution in [2.24, 2.45) is 0 Å². The quantitative estimate of drug-likeness (QED) is 0.620. The lowest BCUT2D eigenvalue weighted by Gasteiger charge is -1.86. The Bertz CT molecular complexity index is 454. The van der Waals surface area contributed by atoms with Crippen molar-refractivity contribution in [3.63, 3.8) is 0 Å². The molecule has 0 saturated carbocycles. The predicted octanol–water partition coefficient (Wildman–Crippen LogP) is 3.77. The van der Waals surface area contributed by atoms with Crippen molar-refractivity contribution in [3.8, 4) is 22.1 Å². The summed E-state index contributed by atoms with van der Waals surface area (Å²) < 4.78 is 0. The molecule has 0 fully saturated rings. The van der Waals surface area contributed by atoms with Crippen LogP contribution in [0.2, 0.25) is 0 Å². The summed E-state index contributed by atoms with van der Waals surface area (Å²) in [6, 6.07) is 8.36. The second-order valence-corrected chi connectivity index (χ2v) is 5.09. The molecule has 2 heteroatoms. The Morgan fingerprint density at radius 2 is 1.77 bits per heavy atom. The number of rotatable bonds is 1. The third kappa shape index (κ3) is 1.67. The van der Waals surface area contributed by atoms with E-state index in [1.54, 1.807) is 22.7 Å². The lowest BCUT2D eigenvalue weighted by Crippen LogP contribution is -1.56. The molecule has 0 aliphatic carbocycles. The minimum absolute atomic E-state index is 1.00. The van der Waals surface area contributed by atoms with Gasteiger partial charge in [0.2, 0.25) is 0 Å². The normalized spacial score (nSPS) is 9.85. The minimum atomic E-state index is 1.00. The molecular formula is C11H8S2. The second kappa shape index (κ2) is 3.37. The molecule has 0 radical (unpaired) electrons. The van der Waals surface area contributed by atoms with Gasteiger partial charge in [0.25, 0.3) is 0 Å². The molecule has 64 valence electrons. The molecule has 0 nitrogen and oxygen atoms in total. The van der Waals surface area contributed by atoms with Crippen LogP contribution < -0.4 is 0 Å². The Morgan fingerprint density at radius 3 is 2.31 bits per heavy atom. The van der Waals surface area contributed by atoms with Gasteiger partial charge in [0, 0.05) is 14.6 Å². The van der Waals surface area contributed by atoms with Crippen molar-refractivity contribution in [1.82, 2.24) is 0 Å². The number of hydrogen-bond donors (Lipinski definition) is 0. The predicted molar refractivity (Wildman–Crippen MR) is 60.3 cm³/mol. The fraction of sp³-hybridized carbons (Fsp3) is 0.0909. The maximum atomic E-state index is 5.31. The van der Waals surface area contributed by atoms with E-state index in [-0.39, 0.29) is 0 Å². The highest BCUT2D eigenvalue weighted by atomic mass is 32.1. The molecule has 2 rings (SSSR count). The van der Waals surface area contributed by atoms with Gasteiger partial charge in [0.1, 0.15) is 0 Å². The Morgan fingerprint density at radius 1 is 1.08 bits per heavy atom. The van der Waals surface area contributed by atoms with Gasteiger partial charge in [-0.05, 0) is 31.2 Å². The van der Waals surface area contributed by atoms with E-state index in [0.29, 0.717) is 0 Å². The van der Waals surface area contributed by atoms with Gasteiger partial charge in [-0.15, -0.1) is 29.1 Å². The average molecular weight is 204 g/mol. The van der Waals surface area contributed by atoms with Crippen LogP contribution in [0.4, 0.5) is 0 Å².